The van der Waals surface area contributed by atoms with Gasteiger partial charge in [-0.25, -0.2) is 33.2 Å². The quantitative estimate of drug-likeness (QED) is 0.246. The van der Waals surface area contributed by atoms with Crippen molar-refractivity contribution in [3.63, 3.8) is 0 Å². The Morgan fingerprint density at radius 1 is 0.975 bits per heavy atom. The van der Waals surface area contributed by atoms with Gasteiger partial charge in [0, 0.05) is 31.7 Å². The van der Waals surface area contributed by atoms with E-state index >= 15 is 0 Å². The van der Waals surface area contributed by atoms with E-state index in [-0.39, 0.29) is 29.2 Å². The Morgan fingerprint density at radius 2 is 1.73 bits per heavy atom. The van der Waals surface area contributed by atoms with Crippen LogP contribution in [0.25, 0.3) is 11.0 Å². The van der Waals surface area contributed by atoms with Crippen LogP contribution in [0.4, 0.5) is 39.6 Å². The number of imidazole rings is 1. The van der Waals surface area contributed by atoms with Gasteiger partial charge in [-0.2, -0.15) is 4.98 Å². The number of hydrogen-bond acceptors (Lipinski definition) is 8. The van der Waals surface area contributed by atoms with Crippen molar-refractivity contribution in [2.45, 2.75) is 4.90 Å². The van der Waals surface area contributed by atoms with E-state index in [1.165, 1.54) is 12.1 Å². The zero-order chi connectivity index (χ0) is 27.7. The fourth-order valence-corrected chi connectivity index (χ4v) is 4.64. The van der Waals surface area contributed by atoms with E-state index in [9.17, 15) is 18.3 Å². The average molecular weight is 581 g/mol. The van der Waals surface area contributed by atoms with E-state index in [0.717, 1.165) is 16.1 Å². The summed E-state index contributed by atoms with van der Waals surface area (Å²) in [7, 11) is -0.263. The number of carboxylic acid groups (broad SMARTS) is 1. The molecule has 2 heterocycles. The molecule has 0 radical (unpaired) electrons. The fraction of sp³-hybridized carbons (Fsp3) is 0.0769. The second-order valence-corrected chi connectivity index (χ2v) is 10.2. The summed E-state index contributed by atoms with van der Waals surface area (Å²) in [4.78, 5) is 28.5. The number of benzene rings is 3. The molecule has 0 fully saturated rings. The van der Waals surface area contributed by atoms with Crippen LogP contribution in [0.1, 0.15) is 0 Å². The van der Waals surface area contributed by atoms with Gasteiger partial charge in [-0.1, -0.05) is 24.3 Å². The number of rotatable bonds is 7. The maximum Gasteiger partial charge on any atom is 0.418 e. The lowest BCUT2D eigenvalue weighted by molar-refractivity contribution is 0.204. The molecule has 206 valence electrons. The predicted molar refractivity (Wildman–Crippen MR) is 156 cm³/mol. The Kier molecular flexibility index (Phi) is 7.91. The maximum atomic E-state index is 12.1. The molecule has 0 bridgehead atoms. The predicted octanol–water partition coefficient (Wildman–Crippen LogP) is 4.76. The molecule has 40 heavy (non-hydrogen) atoms. The van der Waals surface area contributed by atoms with Crippen LogP contribution in [0.5, 0.6) is 0 Å². The van der Waals surface area contributed by atoms with Gasteiger partial charge >= 0.3 is 6.09 Å². The highest BCUT2D eigenvalue weighted by Crippen LogP contribution is 2.31. The van der Waals surface area contributed by atoms with Crippen LogP contribution in [0, 0.1) is 0 Å². The minimum Gasteiger partial charge on any atom is -0.464 e. The number of para-hydroxylation sites is 1. The smallest absolute Gasteiger partial charge is 0.418 e. The summed E-state index contributed by atoms with van der Waals surface area (Å²) in [6.45, 7) is 0. The van der Waals surface area contributed by atoms with Crippen LogP contribution >= 0.6 is 12.4 Å². The number of aryl methyl sites for hydroxylation is 1. The number of halogens is 1. The summed E-state index contributed by atoms with van der Waals surface area (Å²) >= 11 is 0. The van der Waals surface area contributed by atoms with Crippen molar-refractivity contribution in [1.82, 2.24) is 19.5 Å². The minimum atomic E-state index is -3.85. The number of carbonyl (C=O) groups is 1. The van der Waals surface area contributed by atoms with Crippen LogP contribution in [0.3, 0.4) is 0 Å². The van der Waals surface area contributed by atoms with Crippen LogP contribution in [0.2, 0.25) is 0 Å². The van der Waals surface area contributed by atoms with Gasteiger partial charge in [-0.05, 0) is 54.6 Å². The van der Waals surface area contributed by atoms with Crippen LogP contribution in [-0.2, 0) is 17.1 Å². The van der Waals surface area contributed by atoms with Crippen molar-refractivity contribution in [2.75, 3.05) is 22.2 Å². The Labute approximate surface area is 236 Å². The SMILES string of the molecule is CN(c1ccc2c(c1)nc(N(C(=O)O)c1ccccc1)n2C)c1ccnc(Nc2cccc(S(N)(=O)=O)c2)n1.Cl. The number of sulfonamides is 1. The highest BCUT2D eigenvalue weighted by Gasteiger charge is 2.23. The number of nitrogens with two attached hydrogens (primary N) is 1. The Balaban J connectivity index is 0.00000370. The van der Waals surface area contributed by atoms with Gasteiger partial charge in [-0.15, -0.1) is 12.4 Å². The summed E-state index contributed by atoms with van der Waals surface area (Å²) in [6.07, 6.45) is 0.430. The number of fused-ring (bicyclic) bond motifs is 1. The first-order valence-corrected chi connectivity index (χ1v) is 13.2. The Morgan fingerprint density at radius 3 is 2.42 bits per heavy atom. The number of anilines is 6. The van der Waals surface area contributed by atoms with E-state index in [1.807, 2.05) is 36.2 Å². The molecule has 2 aromatic heterocycles. The van der Waals surface area contributed by atoms with Gasteiger partial charge in [0.2, 0.25) is 21.9 Å². The normalized spacial score (nSPS) is 11.1. The topological polar surface area (TPSA) is 160 Å². The molecular formula is C26H25ClN8O4S. The molecular weight excluding hydrogens is 556 g/mol. The van der Waals surface area contributed by atoms with Crippen LogP contribution in [-0.4, -0.2) is 46.2 Å². The molecule has 12 nitrogen and oxygen atoms in total. The first-order valence-electron chi connectivity index (χ1n) is 11.6. The highest BCUT2D eigenvalue weighted by molar-refractivity contribution is 7.89. The molecule has 0 unspecified atom stereocenters. The van der Waals surface area contributed by atoms with Crippen molar-refractivity contribution in [3.8, 4) is 0 Å². The summed E-state index contributed by atoms with van der Waals surface area (Å²) < 4.78 is 25.1. The fourth-order valence-electron chi connectivity index (χ4n) is 4.08. The van der Waals surface area contributed by atoms with Gasteiger partial charge in [0.15, 0.2) is 0 Å². The highest BCUT2D eigenvalue weighted by atomic mass is 35.5. The monoisotopic (exact) mass is 580 g/mol. The molecule has 5 aromatic rings. The number of primary sulfonamides is 1. The zero-order valence-electron chi connectivity index (χ0n) is 21.3. The molecule has 0 spiro atoms. The summed E-state index contributed by atoms with van der Waals surface area (Å²) in [6, 6.07) is 22.1. The minimum absolute atomic E-state index is 0. The average Bonchev–Trinajstić information content (AvgIpc) is 3.23. The standard InChI is InChI=1S/C26H24N8O4S.ClH/c1-32(23-13-14-28-24(31-23)29-17-7-6-10-20(15-17)39(27,37)38)19-11-12-22-21(16-19)30-25(33(22)2)34(26(35)36)18-8-4-3-5-9-18;/h3-16H,1-2H3,(H,35,36)(H2,27,37,38)(H,28,29,31);1H. The number of nitrogens with one attached hydrogen (secondary N) is 1. The molecule has 0 atom stereocenters. The van der Waals surface area contributed by atoms with Gasteiger partial charge < -0.3 is 19.9 Å². The third-order valence-corrected chi connectivity index (χ3v) is 6.95. The third-order valence-electron chi connectivity index (χ3n) is 6.04. The van der Waals surface area contributed by atoms with Crippen molar-refractivity contribution < 1.29 is 18.3 Å². The molecule has 1 amide bonds. The largest absolute Gasteiger partial charge is 0.464 e. The molecule has 4 N–H and O–H groups in total. The van der Waals surface area contributed by atoms with Gasteiger partial charge in [0.1, 0.15) is 5.82 Å². The lowest BCUT2D eigenvalue weighted by Gasteiger charge is -2.19. The van der Waals surface area contributed by atoms with E-state index in [0.29, 0.717) is 22.7 Å². The lowest BCUT2D eigenvalue weighted by Crippen LogP contribution is -2.26. The van der Waals surface area contributed by atoms with E-state index in [4.69, 9.17) is 5.14 Å². The molecule has 0 saturated heterocycles. The molecule has 0 saturated carbocycles. The molecule has 14 heteroatoms. The zero-order valence-corrected chi connectivity index (χ0v) is 23.0. The second kappa shape index (κ2) is 11.2. The van der Waals surface area contributed by atoms with Crippen LogP contribution in [0.15, 0.2) is 90.0 Å². The number of amides is 1. The van der Waals surface area contributed by atoms with Gasteiger partial charge in [0.05, 0.1) is 21.6 Å². The summed E-state index contributed by atoms with van der Waals surface area (Å²) in [5.74, 6) is 1.08. The molecule has 5 rings (SSSR count). The van der Waals surface area contributed by atoms with Gasteiger partial charge in [-0.3, -0.25) is 0 Å². The van der Waals surface area contributed by atoms with E-state index in [2.05, 4.69) is 20.3 Å². The van der Waals surface area contributed by atoms with E-state index < -0.39 is 16.1 Å². The molecule has 0 aliphatic carbocycles. The van der Waals surface area contributed by atoms with Crippen molar-refractivity contribution in [2.24, 2.45) is 12.2 Å². The maximum absolute atomic E-state index is 12.1. The number of nitrogens with zero attached hydrogens (tertiary/aromatic N) is 6. The first-order chi connectivity index (χ1) is 18.6. The first kappa shape index (κ1) is 28.3. The third kappa shape index (κ3) is 5.66. The summed E-state index contributed by atoms with van der Waals surface area (Å²) in [5, 5.41) is 18.1. The Bertz CT molecular complexity index is 1800. The van der Waals surface area contributed by atoms with Crippen molar-refractivity contribution in [3.05, 3.63) is 85.1 Å². The van der Waals surface area contributed by atoms with Crippen molar-refractivity contribution >= 4 is 74.3 Å². The number of hydrogen-bond donors (Lipinski definition) is 3. The Hall–Kier alpha value is -4.72. The van der Waals surface area contributed by atoms with Gasteiger partial charge in [0.25, 0.3) is 0 Å². The lowest BCUT2D eigenvalue weighted by atomic mass is 10.2. The molecule has 3 aromatic carbocycles. The van der Waals surface area contributed by atoms with E-state index in [1.54, 1.807) is 60.3 Å². The molecule has 0 aliphatic heterocycles. The van der Waals surface area contributed by atoms with Crippen LogP contribution < -0.4 is 20.3 Å². The second-order valence-electron chi connectivity index (χ2n) is 8.59. The molecule has 0 aliphatic rings. The number of aromatic nitrogens is 4. The van der Waals surface area contributed by atoms with Crippen molar-refractivity contribution in [1.29, 1.82) is 0 Å². The summed E-state index contributed by atoms with van der Waals surface area (Å²) in [5.41, 5.74) is 3.06.